The van der Waals surface area contributed by atoms with Crippen LogP contribution in [0.5, 0.6) is 5.75 Å². The van der Waals surface area contributed by atoms with Gasteiger partial charge in [-0.1, -0.05) is 12.1 Å². The molecule has 0 aromatic heterocycles. The number of esters is 1. The van der Waals surface area contributed by atoms with E-state index in [-0.39, 0.29) is 5.97 Å². The van der Waals surface area contributed by atoms with Gasteiger partial charge in [-0.25, -0.2) is 0 Å². The summed E-state index contributed by atoms with van der Waals surface area (Å²) in [6.07, 6.45) is 3.56. The largest absolute Gasteiger partial charge is 0.497 e. The first-order valence-electron chi connectivity index (χ1n) is 7.06. The minimum Gasteiger partial charge on any atom is -0.497 e. The lowest BCUT2D eigenvalue weighted by molar-refractivity contribution is -0.149. The SMILES string of the molecule is CNC1CCC(C(=O)OC)(c2cccc(OC)c2)CC1. The van der Waals surface area contributed by atoms with Crippen LogP contribution in [0.2, 0.25) is 0 Å². The summed E-state index contributed by atoms with van der Waals surface area (Å²) in [5.41, 5.74) is 0.467. The van der Waals surface area contributed by atoms with E-state index < -0.39 is 5.41 Å². The van der Waals surface area contributed by atoms with Crippen molar-refractivity contribution < 1.29 is 14.3 Å². The van der Waals surface area contributed by atoms with Crippen LogP contribution in [0.15, 0.2) is 24.3 Å². The average Bonchev–Trinajstić information content (AvgIpc) is 2.54. The Bertz CT molecular complexity index is 465. The second-order valence-corrected chi connectivity index (χ2v) is 5.37. The van der Waals surface area contributed by atoms with Gasteiger partial charge in [-0.3, -0.25) is 4.79 Å². The normalized spacial score (nSPS) is 26.1. The summed E-state index contributed by atoms with van der Waals surface area (Å²) in [4.78, 5) is 12.4. The van der Waals surface area contributed by atoms with Crippen LogP contribution in [-0.4, -0.2) is 33.3 Å². The Morgan fingerprint density at radius 1 is 1.30 bits per heavy atom. The highest BCUT2D eigenvalue weighted by molar-refractivity contribution is 5.83. The van der Waals surface area contributed by atoms with E-state index in [0.29, 0.717) is 6.04 Å². The molecule has 0 spiro atoms. The maximum atomic E-state index is 12.4. The van der Waals surface area contributed by atoms with Crippen LogP contribution in [0.4, 0.5) is 0 Å². The topological polar surface area (TPSA) is 47.6 Å². The number of carbonyl (C=O) groups is 1. The van der Waals surface area contributed by atoms with E-state index in [1.807, 2.05) is 31.3 Å². The zero-order valence-corrected chi connectivity index (χ0v) is 12.4. The van der Waals surface area contributed by atoms with Crippen molar-refractivity contribution in [2.75, 3.05) is 21.3 Å². The minimum atomic E-state index is -0.531. The number of hydrogen-bond acceptors (Lipinski definition) is 4. The van der Waals surface area contributed by atoms with Gasteiger partial charge in [0.1, 0.15) is 5.75 Å². The molecule has 1 aromatic carbocycles. The first kappa shape index (κ1) is 14.9. The summed E-state index contributed by atoms with van der Waals surface area (Å²) < 4.78 is 10.4. The Balaban J connectivity index is 2.35. The maximum absolute atomic E-state index is 12.4. The molecule has 2 rings (SSSR count). The van der Waals surface area contributed by atoms with Crippen LogP contribution < -0.4 is 10.1 Å². The van der Waals surface area contributed by atoms with E-state index in [4.69, 9.17) is 9.47 Å². The smallest absolute Gasteiger partial charge is 0.316 e. The molecule has 1 fully saturated rings. The van der Waals surface area contributed by atoms with Gasteiger partial charge < -0.3 is 14.8 Å². The lowest BCUT2D eigenvalue weighted by Crippen LogP contribution is -2.44. The van der Waals surface area contributed by atoms with Gasteiger partial charge in [-0.15, -0.1) is 0 Å². The minimum absolute atomic E-state index is 0.139. The molecule has 4 nitrogen and oxygen atoms in total. The van der Waals surface area contributed by atoms with Gasteiger partial charge in [-0.05, 0) is 50.4 Å². The zero-order chi connectivity index (χ0) is 14.6. The van der Waals surface area contributed by atoms with Crippen molar-refractivity contribution in [3.05, 3.63) is 29.8 Å². The lowest BCUT2D eigenvalue weighted by Gasteiger charge is -2.38. The Labute approximate surface area is 120 Å². The summed E-state index contributed by atoms with van der Waals surface area (Å²) in [5.74, 6) is 0.641. The molecule has 0 radical (unpaired) electrons. The fraction of sp³-hybridized carbons (Fsp3) is 0.562. The number of ether oxygens (including phenoxy) is 2. The molecule has 110 valence electrons. The van der Waals surface area contributed by atoms with Crippen molar-refractivity contribution in [2.45, 2.75) is 37.1 Å². The summed E-state index contributed by atoms with van der Waals surface area (Å²) in [6, 6.07) is 8.27. The zero-order valence-electron chi connectivity index (χ0n) is 12.4. The Morgan fingerprint density at radius 2 is 2.00 bits per heavy atom. The van der Waals surface area contributed by atoms with Gasteiger partial charge in [0.2, 0.25) is 0 Å². The highest BCUT2D eigenvalue weighted by Crippen LogP contribution is 2.41. The van der Waals surface area contributed by atoms with Gasteiger partial charge in [0.15, 0.2) is 0 Å². The predicted octanol–water partition coefficient (Wildman–Crippen LogP) is 2.27. The third-order valence-electron chi connectivity index (χ3n) is 4.45. The van der Waals surface area contributed by atoms with E-state index in [1.165, 1.54) is 7.11 Å². The monoisotopic (exact) mass is 277 g/mol. The molecule has 1 aliphatic rings. The van der Waals surface area contributed by atoms with Crippen molar-refractivity contribution >= 4 is 5.97 Å². The lowest BCUT2D eigenvalue weighted by atomic mass is 9.68. The predicted molar refractivity (Wildman–Crippen MR) is 78.0 cm³/mol. The van der Waals surface area contributed by atoms with Crippen LogP contribution >= 0.6 is 0 Å². The molecule has 1 saturated carbocycles. The number of rotatable bonds is 4. The van der Waals surface area contributed by atoms with Gasteiger partial charge in [0.25, 0.3) is 0 Å². The van der Waals surface area contributed by atoms with Gasteiger partial charge in [0.05, 0.1) is 19.6 Å². The summed E-state index contributed by atoms with van der Waals surface area (Å²) in [6.45, 7) is 0. The molecule has 0 aliphatic heterocycles. The van der Waals surface area contributed by atoms with Crippen LogP contribution in [0.25, 0.3) is 0 Å². The van der Waals surface area contributed by atoms with E-state index in [9.17, 15) is 4.79 Å². The highest BCUT2D eigenvalue weighted by atomic mass is 16.5. The van der Waals surface area contributed by atoms with Gasteiger partial charge >= 0.3 is 5.97 Å². The molecular formula is C16H23NO3. The molecule has 0 bridgehead atoms. The number of carbonyl (C=O) groups excluding carboxylic acids is 1. The molecule has 0 heterocycles. The Hall–Kier alpha value is -1.55. The number of hydrogen-bond donors (Lipinski definition) is 1. The third kappa shape index (κ3) is 2.66. The van der Waals surface area contributed by atoms with Crippen LogP contribution in [0.1, 0.15) is 31.2 Å². The Kier molecular flexibility index (Phi) is 4.65. The van der Waals surface area contributed by atoms with Crippen molar-refractivity contribution in [3.8, 4) is 5.75 Å². The standard InChI is InChI=1S/C16H23NO3/c1-17-13-7-9-16(10-8-13,15(18)20-3)12-5-4-6-14(11-12)19-2/h4-6,11,13,17H,7-10H2,1-3H3. The second kappa shape index (κ2) is 6.27. The van der Waals surface area contributed by atoms with Crippen molar-refractivity contribution in [1.82, 2.24) is 5.32 Å². The van der Waals surface area contributed by atoms with E-state index in [0.717, 1.165) is 37.0 Å². The molecule has 0 amide bonds. The van der Waals surface area contributed by atoms with E-state index in [1.54, 1.807) is 7.11 Å². The molecule has 0 atom stereocenters. The average molecular weight is 277 g/mol. The van der Waals surface area contributed by atoms with Gasteiger partial charge in [-0.2, -0.15) is 0 Å². The van der Waals surface area contributed by atoms with Crippen molar-refractivity contribution in [3.63, 3.8) is 0 Å². The Morgan fingerprint density at radius 3 is 2.55 bits per heavy atom. The molecule has 0 saturated heterocycles. The third-order valence-corrected chi connectivity index (χ3v) is 4.45. The number of nitrogens with one attached hydrogen (secondary N) is 1. The quantitative estimate of drug-likeness (QED) is 0.858. The summed E-state index contributed by atoms with van der Waals surface area (Å²) in [7, 11) is 5.08. The van der Waals surface area contributed by atoms with Gasteiger partial charge in [0, 0.05) is 6.04 Å². The first-order valence-corrected chi connectivity index (χ1v) is 7.06. The molecule has 20 heavy (non-hydrogen) atoms. The summed E-state index contributed by atoms with van der Waals surface area (Å²) in [5, 5.41) is 3.30. The molecule has 4 heteroatoms. The van der Waals surface area contributed by atoms with E-state index >= 15 is 0 Å². The highest BCUT2D eigenvalue weighted by Gasteiger charge is 2.44. The van der Waals surface area contributed by atoms with Crippen molar-refractivity contribution in [1.29, 1.82) is 0 Å². The van der Waals surface area contributed by atoms with Crippen molar-refractivity contribution in [2.24, 2.45) is 0 Å². The van der Waals surface area contributed by atoms with Crippen LogP contribution in [-0.2, 0) is 14.9 Å². The first-order chi connectivity index (χ1) is 9.66. The molecule has 1 N–H and O–H groups in total. The number of benzene rings is 1. The number of methoxy groups -OCH3 is 2. The fourth-order valence-corrected chi connectivity index (χ4v) is 3.13. The molecule has 1 aromatic rings. The fourth-order valence-electron chi connectivity index (χ4n) is 3.13. The maximum Gasteiger partial charge on any atom is 0.316 e. The second-order valence-electron chi connectivity index (χ2n) is 5.37. The van der Waals surface area contributed by atoms with Crippen LogP contribution in [0, 0.1) is 0 Å². The molecule has 1 aliphatic carbocycles. The molecule has 0 unspecified atom stereocenters. The van der Waals surface area contributed by atoms with Crippen LogP contribution in [0.3, 0.4) is 0 Å². The molecular weight excluding hydrogens is 254 g/mol. The summed E-state index contributed by atoms with van der Waals surface area (Å²) >= 11 is 0. The van der Waals surface area contributed by atoms with E-state index in [2.05, 4.69) is 5.32 Å².